The van der Waals surface area contributed by atoms with Gasteiger partial charge >= 0.3 is 6.02 Å². The third-order valence-corrected chi connectivity index (χ3v) is 2.10. The van der Waals surface area contributed by atoms with Crippen molar-refractivity contribution in [3.8, 4) is 6.19 Å². The van der Waals surface area contributed by atoms with Crippen LogP contribution >= 0.6 is 0 Å². The van der Waals surface area contributed by atoms with Gasteiger partial charge in [-0.2, -0.15) is 5.26 Å². The Morgan fingerprint density at radius 2 is 2.00 bits per heavy atom. The highest BCUT2D eigenvalue weighted by Crippen LogP contribution is 2.00. The van der Waals surface area contributed by atoms with Gasteiger partial charge in [0.1, 0.15) is 0 Å². The monoisotopic (exact) mass is 182 g/mol. The standard InChI is InChI=1S/C8H14N4O/c1-11-3-5-12(6-4-11)8(13-2)10-7-9/h3-6H2,1-2H3/b10-8-. The second-order valence-corrected chi connectivity index (χ2v) is 2.99. The molecule has 0 aromatic heterocycles. The van der Waals surface area contributed by atoms with Gasteiger partial charge in [-0.3, -0.25) is 0 Å². The summed E-state index contributed by atoms with van der Waals surface area (Å²) in [6.07, 6.45) is 1.73. The number of amidine groups is 1. The quantitative estimate of drug-likeness (QED) is 0.294. The molecule has 0 aromatic carbocycles. The van der Waals surface area contributed by atoms with Crippen molar-refractivity contribution >= 4 is 6.02 Å². The molecule has 5 nitrogen and oxygen atoms in total. The van der Waals surface area contributed by atoms with E-state index in [1.54, 1.807) is 6.19 Å². The Morgan fingerprint density at radius 1 is 1.38 bits per heavy atom. The van der Waals surface area contributed by atoms with Gasteiger partial charge in [-0.1, -0.05) is 0 Å². The van der Waals surface area contributed by atoms with Crippen LogP contribution in [0.1, 0.15) is 0 Å². The van der Waals surface area contributed by atoms with Gasteiger partial charge in [0.25, 0.3) is 0 Å². The first-order chi connectivity index (χ1) is 6.27. The SMILES string of the molecule is CO/C(=N\C#N)N1CCN(C)CC1. The minimum atomic E-state index is 0.426. The van der Waals surface area contributed by atoms with E-state index in [2.05, 4.69) is 16.9 Å². The maximum atomic E-state index is 8.40. The van der Waals surface area contributed by atoms with Crippen LogP contribution in [0.2, 0.25) is 0 Å². The molecular weight excluding hydrogens is 168 g/mol. The predicted molar refractivity (Wildman–Crippen MR) is 49.1 cm³/mol. The van der Waals surface area contributed by atoms with Crippen molar-refractivity contribution in [2.24, 2.45) is 4.99 Å². The molecule has 0 atom stereocenters. The zero-order valence-corrected chi connectivity index (χ0v) is 8.03. The predicted octanol–water partition coefficient (Wildman–Crippen LogP) is -0.283. The van der Waals surface area contributed by atoms with E-state index in [-0.39, 0.29) is 0 Å². The second-order valence-electron chi connectivity index (χ2n) is 2.99. The van der Waals surface area contributed by atoms with E-state index < -0.39 is 0 Å². The summed E-state index contributed by atoms with van der Waals surface area (Å²) in [4.78, 5) is 7.81. The maximum absolute atomic E-state index is 8.40. The van der Waals surface area contributed by atoms with E-state index in [9.17, 15) is 0 Å². The maximum Gasteiger partial charge on any atom is 0.302 e. The normalized spacial score (nSPS) is 19.8. The number of rotatable bonds is 0. The summed E-state index contributed by atoms with van der Waals surface area (Å²) >= 11 is 0. The first kappa shape index (κ1) is 9.81. The first-order valence-electron chi connectivity index (χ1n) is 4.22. The zero-order valence-electron chi connectivity index (χ0n) is 8.03. The van der Waals surface area contributed by atoms with Crippen molar-refractivity contribution in [3.05, 3.63) is 0 Å². The number of hydrogen-bond donors (Lipinski definition) is 0. The Kier molecular flexibility index (Phi) is 3.53. The van der Waals surface area contributed by atoms with Crippen molar-refractivity contribution in [3.63, 3.8) is 0 Å². The molecule has 0 bridgehead atoms. The molecule has 1 fully saturated rings. The van der Waals surface area contributed by atoms with E-state index in [4.69, 9.17) is 10.00 Å². The van der Waals surface area contributed by atoms with Gasteiger partial charge in [0.15, 0.2) is 0 Å². The summed E-state index contributed by atoms with van der Waals surface area (Å²) in [5.74, 6) is 0. The minimum Gasteiger partial charge on any atom is -0.468 e. The number of piperazine rings is 1. The number of nitriles is 1. The fourth-order valence-corrected chi connectivity index (χ4v) is 1.29. The van der Waals surface area contributed by atoms with Crippen LogP contribution in [0.5, 0.6) is 0 Å². The Labute approximate surface area is 78.2 Å². The fourth-order valence-electron chi connectivity index (χ4n) is 1.29. The molecule has 13 heavy (non-hydrogen) atoms. The average Bonchev–Trinajstić information content (AvgIpc) is 2.16. The number of likely N-dealkylation sites (N-methyl/N-ethyl adjacent to an activating group) is 1. The summed E-state index contributed by atoms with van der Waals surface area (Å²) < 4.78 is 5.00. The van der Waals surface area contributed by atoms with Gasteiger partial charge in [-0.05, 0) is 7.05 Å². The number of methoxy groups -OCH3 is 1. The minimum absolute atomic E-state index is 0.426. The highest BCUT2D eigenvalue weighted by Gasteiger charge is 2.17. The van der Waals surface area contributed by atoms with Gasteiger partial charge in [0.05, 0.1) is 7.11 Å². The van der Waals surface area contributed by atoms with E-state index in [1.165, 1.54) is 7.11 Å². The van der Waals surface area contributed by atoms with Gasteiger partial charge in [0, 0.05) is 26.2 Å². The Bertz CT molecular complexity index is 225. The molecule has 0 saturated carbocycles. The molecule has 0 N–H and O–H groups in total. The second kappa shape index (κ2) is 4.67. The highest BCUT2D eigenvalue weighted by atomic mass is 16.5. The van der Waals surface area contributed by atoms with E-state index in [1.807, 2.05) is 4.90 Å². The molecule has 0 aromatic rings. The number of aliphatic imine (C=N–C) groups is 1. The first-order valence-corrected chi connectivity index (χ1v) is 4.22. The Hall–Kier alpha value is -1.28. The van der Waals surface area contributed by atoms with Crippen molar-refractivity contribution in [1.29, 1.82) is 5.26 Å². The molecule has 0 spiro atoms. The van der Waals surface area contributed by atoms with Crippen LogP contribution in [0.15, 0.2) is 4.99 Å². The summed E-state index contributed by atoms with van der Waals surface area (Å²) in [7, 11) is 3.61. The lowest BCUT2D eigenvalue weighted by atomic mass is 10.3. The molecule has 1 aliphatic rings. The number of nitrogens with zero attached hydrogens (tertiary/aromatic N) is 4. The molecule has 1 aliphatic heterocycles. The van der Waals surface area contributed by atoms with Crippen LogP contribution in [0, 0.1) is 11.5 Å². The Balaban J connectivity index is 2.52. The highest BCUT2D eigenvalue weighted by molar-refractivity contribution is 5.74. The lowest BCUT2D eigenvalue weighted by Crippen LogP contribution is -2.47. The molecule has 1 heterocycles. The van der Waals surface area contributed by atoms with E-state index in [0.29, 0.717) is 6.02 Å². The van der Waals surface area contributed by atoms with Gasteiger partial charge in [-0.25, -0.2) is 0 Å². The molecule has 0 radical (unpaired) electrons. The molecule has 72 valence electrons. The molecule has 0 aliphatic carbocycles. The molecule has 5 heteroatoms. The molecule has 0 amide bonds. The smallest absolute Gasteiger partial charge is 0.302 e. The van der Waals surface area contributed by atoms with Crippen LogP contribution < -0.4 is 0 Å². The number of ether oxygens (including phenoxy) is 1. The summed E-state index contributed by atoms with van der Waals surface area (Å²) in [5.41, 5.74) is 0. The molecule has 1 rings (SSSR count). The average molecular weight is 182 g/mol. The summed E-state index contributed by atoms with van der Waals surface area (Å²) in [5, 5.41) is 8.40. The molecule has 0 unspecified atom stereocenters. The van der Waals surface area contributed by atoms with Gasteiger partial charge in [-0.15, -0.1) is 4.99 Å². The third kappa shape index (κ3) is 2.60. The van der Waals surface area contributed by atoms with Crippen molar-refractivity contribution in [2.45, 2.75) is 0 Å². The topological polar surface area (TPSA) is 51.9 Å². The number of hydrogen-bond acceptors (Lipinski definition) is 4. The van der Waals surface area contributed by atoms with E-state index in [0.717, 1.165) is 26.2 Å². The van der Waals surface area contributed by atoms with Gasteiger partial charge < -0.3 is 14.5 Å². The van der Waals surface area contributed by atoms with E-state index >= 15 is 0 Å². The van der Waals surface area contributed by atoms with Crippen LogP contribution in [-0.4, -0.2) is 56.2 Å². The summed E-state index contributed by atoms with van der Waals surface area (Å²) in [6, 6.07) is 0.426. The largest absolute Gasteiger partial charge is 0.468 e. The van der Waals surface area contributed by atoms with Crippen molar-refractivity contribution < 1.29 is 4.74 Å². The Morgan fingerprint density at radius 3 is 2.46 bits per heavy atom. The molecule has 1 saturated heterocycles. The van der Waals surface area contributed by atoms with Crippen molar-refractivity contribution in [2.75, 3.05) is 40.3 Å². The van der Waals surface area contributed by atoms with Crippen LogP contribution in [0.25, 0.3) is 0 Å². The summed E-state index contributed by atoms with van der Waals surface area (Å²) in [6.45, 7) is 3.69. The van der Waals surface area contributed by atoms with Crippen molar-refractivity contribution in [1.82, 2.24) is 9.80 Å². The zero-order chi connectivity index (χ0) is 9.68. The lowest BCUT2D eigenvalue weighted by molar-refractivity contribution is 0.183. The lowest BCUT2D eigenvalue weighted by Gasteiger charge is -2.32. The van der Waals surface area contributed by atoms with Crippen LogP contribution in [0.3, 0.4) is 0 Å². The van der Waals surface area contributed by atoms with Crippen LogP contribution in [0.4, 0.5) is 0 Å². The molecular formula is C8H14N4O. The van der Waals surface area contributed by atoms with Gasteiger partial charge in [0.2, 0.25) is 6.19 Å². The fraction of sp³-hybridized carbons (Fsp3) is 0.750. The van der Waals surface area contributed by atoms with Crippen LogP contribution in [-0.2, 0) is 4.74 Å². The third-order valence-electron chi connectivity index (χ3n) is 2.10.